The van der Waals surface area contributed by atoms with Crippen LogP contribution in [0.1, 0.15) is 39.0 Å². The summed E-state index contributed by atoms with van der Waals surface area (Å²) < 4.78 is 10.3. The summed E-state index contributed by atoms with van der Waals surface area (Å²) in [6, 6.07) is 0.865. The Hall–Kier alpha value is -0.610. The van der Waals surface area contributed by atoms with Crippen LogP contribution < -0.4 is 0 Å². The molecule has 1 heterocycles. The zero-order chi connectivity index (χ0) is 13.0. The summed E-state index contributed by atoms with van der Waals surface area (Å²) in [4.78, 5) is 14.3. The summed E-state index contributed by atoms with van der Waals surface area (Å²) in [6.45, 7) is 3.43. The van der Waals surface area contributed by atoms with Gasteiger partial charge in [0, 0.05) is 19.2 Å². The fourth-order valence-corrected chi connectivity index (χ4v) is 3.51. The average Bonchev–Trinajstić information content (AvgIpc) is 2.70. The smallest absolute Gasteiger partial charge is 0.249 e. The Kier molecular flexibility index (Phi) is 5.01. The molecule has 0 bridgehead atoms. The largest absolute Gasteiger partial charge is 0.382 e. The number of likely N-dealkylation sites (tertiary alicyclic amines) is 1. The molecule has 0 N–H and O–H groups in total. The van der Waals surface area contributed by atoms with Gasteiger partial charge in [0.2, 0.25) is 5.91 Å². The minimum Gasteiger partial charge on any atom is -0.382 e. The van der Waals surface area contributed by atoms with Crippen LogP contribution in [0.15, 0.2) is 0 Å². The average molecular weight is 255 g/mol. The number of carbonyl (C=O) groups is 1. The van der Waals surface area contributed by atoms with Crippen molar-refractivity contribution in [1.82, 2.24) is 4.90 Å². The lowest BCUT2D eigenvalue weighted by molar-refractivity contribution is -0.140. The second-order valence-corrected chi connectivity index (χ2v) is 5.54. The molecule has 0 aromatic carbocycles. The van der Waals surface area contributed by atoms with Gasteiger partial charge in [-0.3, -0.25) is 4.79 Å². The van der Waals surface area contributed by atoms with Crippen molar-refractivity contribution in [3.8, 4) is 0 Å². The van der Waals surface area contributed by atoms with Crippen LogP contribution in [0.3, 0.4) is 0 Å². The second-order valence-electron chi connectivity index (χ2n) is 5.54. The van der Waals surface area contributed by atoms with E-state index in [-0.39, 0.29) is 12.5 Å². The maximum Gasteiger partial charge on any atom is 0.249 e. The summed E-state index contributed by atoms with van der Waals surface area (Å²) in [5, 5.41) is 0. The van der Waals surface area contributed by atoms with E-state index >= 15 is 0 Å². The van der Waals surface area contributed by atoms with Gasteiger partial charge in [-0.1, -0.05) is 12.8 Å². The van der Waals surface area contributed by atoms with Crippen LogP contribution in [0.4, 0.5) is 0 Å². The Morgan fingerprint density at radius 2 is 2.06 bits per heavy atom. The molecule has 1 aliphatic carbocycles. The van der Waals surface area contributed by atoms with Gasteiger partial charge in [-0.25, -0.2) is 0 Å². The monoisotopic (exact) mass is 255 g/mol. The molecule has 0 spiro atoms. The van der Waals surface area contributed by atoms with Crippen LogP contribution >= 0.6 is 0 Å². The predicted molar refractivity (Wildman–Crippen MR) is 69.4 cm³/mol. The zero-order valence-corrected chi connectivity index (χ0v) is 11.6. The molecule has 1 saturated carbocycles. The zero-order valence-electron chi connectivity index (χ0n) is 11.6. The molecular formula is C14H25NO3. The molecule has 1 amide bonds. The topological polar surface area (TPSA) is 38.8 Å². The van der Waals surface area contributed by atoms with Crippen molar-refractivity contribution < 1.29 is 14.3 Å². The lowest BCUT2D eigenvalue weighted by Gasteiger charge is -2.33. The molecule has 1 saturated heterocycles. The number of methoxy groups -OCH3 is 1. The molecule has 3 atom stereocenters. The number of nitrogens with zero attached hydrogens (tertiary/aromatic N) is 1. The lowest BCUT2D eigenvalue weighted by atomic mass is 9.85. The molecule has 0 aromatic heterocycles. The normalized spacial score (nSPS) is 31.4. The highest BCUT2D eigenvalue weighted by Gasteiger charge is 2.42. The van der Waals surface area contributed by atoms with Crippen molar-refractivity contribution in [3.63, 3.8) is 0 Å². The summed E-state index contributed by atoms with van der Waals surface area (Å²) >= 11 is 0. The molecular weight excluding hydrogens is 230 g/mol. The third-order valence-electron chi connectivity index (χ3n) is 4.29. The fraction of sp³-hybridized carbons (Fsp3) is 0.929. The summed E-state index contributed by atoms with van der Waals surface area (Å²) in [5.41, 5.74) is 0. The van der Waals surface area contributed by atoms with Gasteiger partial charge < -0.3 is 14.4 Å². The van der Waals surface area contributed by atoms with Crippen LogP contribution in [0, 0.1) is 5.92 Å². The van der Waals surface area contributed by atoms with Crippen LogP contribution in [0.25, 0.3) is 0 Å². The Morgan fingerprint density at radius 3 is 2.83 bits per heavy atom. The standard InChI is InChI=1S/C14H25NO3/c1-11-9-12-5-3-4-6-13(12)15(11)14(16)10-18-8-7-17-2/h11-13H,3-10H2,1-2H3/t11-,12+,13+/m1/s1. The molecule has 4 nitrogen and oxygen atoms in total. The maximum atomic E-state index is 12.2. The Bertz CT molecular complexity index is 282. The number of ether oxygens (including phenoxy) is 2. The number of carbonyl (C=O) groups excluding carboxylic acids is 1. The van der Waals surface area contributed by atoms with Crippen molar-refractivity contribution in [3.05, 3.63) is 0 Å². The summed E-state index contributed by atoms with van der Waals surface area (Å²) in [5.74, 6) is 0.893. The van der Waals surface area contributed by atoms with Crippen LogP contribution in [-0.4, -0.2) is 49.8 Å². The summed E-state index contributed by atoms with van der Waals surface area (Å²) in [7, 11) is 1.64. The van der Waals surface area contributed by atoms with E-state index in [1.807, 2.05) is 0 Å². The van der Waals surface area contributed by atoms with Crippen molar-refractivity contribution in [2.45, 2.75) is 51.1 Å². The van der Waals surface area contributed by atoms with E-state index in [0.717, 1.165) is 5.92 Å². The van der Waals surface area contributed by atoms with Gasteiger partial charge in [-0.2, -0.15) is 0 Å². The molecule has 104 valence electrons. The third-order valence-corrected chi connectivity index (χ3v) is 4.29. The van der Waals surface area contributed by atoms with Crippen LogP contribution in [-0.2, 0) is 14.3 Å². The molecule has 0 unspecified atom stereocenters. The molecule has 0 radical (unpaired) electrons. The van der Waals surface area contributed by atoms with Crippen molar-refractivity contribution >= 4 is 5.91 Å². The van der Waals surface area contributed by atoms with E-state index in [9.17, 15) is 4.79 Å². The van der Waals surface area contributed by atoms with E-state index in [0.29, 0.717) is 25.3 Å². The number of rotatable bonds is 5. The highest BCUT2D eigenvalue weighted by atomic mass is 16.5. The SMILES string of the molecule is COCCOCC(=O)N1[C@H](C)C[C@@H]2CCCC[C@@H]21. The second kappa shape index (κ2) is 6.53. The molecule has 4 heteroatoms. The first-order valence-electron chi connectivity index (χ1n) is 7.12. The molecule has 2 fully saturated rings. The van der Waals surface area contributed by atoms with Gasteiger partial charge in [0.15, 0.2) is 0 Å². The van der Waals surface area contributed by atoms with Gasteiger partial charge >= 0.3 is 0 Å². The van der Waals surface area contributed by atoms with Crippen molar-refractivity contribution in [2.75, 3.05) is 26.9 Å². The lowest BCUT2D eigenvalue weighted by Crippen LogP contribution is -2.44. The highest BCUT2D eigenvalue weighted by Crippen LogP contribution is 2.39. The van der Waals surface area contributed by atoms with E-state index < -0.39 is 0 Å². The van der Waals surface area contributed by atoms with E-state index in [2.05, 4.69) is 11.8 Å². The molecule has 0 aromatic rings. The highest BCUT2D eigenvalue weighted by molar-refractivity contribution is 5.78. The fourth-order valence-electron chi connectivity index (χ4n) is 3.51. The Morgan fingerprint density at radius 1 is 1.28 bits per heavy atom. The Balaban J connectivity index is 1.84. The number of hydrogen-bond acceptors (Lipinski definition) is 3. The van der Waals surface area contributed by atoms with Crippen molar-refractivity contribution in [1.29, 1.82) is 0 Å². The summed E-state index contributed by atoms with van der Waals surface area (Å²) in [6.07, 6.45) is 6.25. The first-order valence-corrected chi connectivity index (χ1v) is 7.12. The van der Waals surface area contributed by atoms with Gasteiger partial charge in [0.25, 0.3) is 0 Å². The predicted octanol–water partition coefficient (Wildman–Crippen LogP) is 1.83. The maximum absolute atomic E-state index is 12.2. The minimum absolute atomic E-state index is 0.160. The van der Waals surface area contributed by atoms with E-state index in [4.69, 9.17) is 9.47 Å². The van der Waals surface area contributed by atoms with Crippen LogP contribution in [0.2, 0.25) is 0 Å². The van der Waals surface area contributed by atoms with E-state index in [1.165, 1.54) is 32.1 Å². The minimum atomic E-state index is 0.160. The van der Waals surface area contributed by atoms with Gasteiger partial charge in [0.05, 0.1) is 13.2 Å². The molecule has 2 aliphatic rings. The number of amides is 1. The van der Waals surface area contributed by atoms with Crippen molar-refractivity contribution in [2.24, 2.45) is 5.92 Å². The first kappa shape index (κ1) is 13.8. The Labute approximate surface area is 110 Å². The number of hydrogen-bond donors (Lipinski definition) is 0. The number of fused-ring (bicyclic) bond motifs is 1. The third kappa shape index (κ3) is 3.04. The first-order chi connectivity index (χ1) is 8.74. The van der Waals surface area contributed by atoms with Gasteiger partial charge in [-0.05, 0) is 32.1 Å². The van der Waals surface area contributed by atoms with Gasteiger partial charge in [-0.15, -0.1) is 0 Å². The van der Waals surface area contributed by atoms with Crippen LogP contribution in [0.5, 0.6) is 0 Å². The van der Waals surface area contributed by atoms with E-state index in [1.54, 1.807) is 7.11 Å². The van der Waals surface area contributed by atoms with Gasteiger partial charge in [0.1, 0.15) is 6.61 Å². The molecule has 18 heavy (non-hydrogen) atoms. The molecule has 2 rings (SSSR count). The molecule has 1 aliphatic heterocycles. The quantitative estimate of drug-likeness (QED) is 0.704.